The largest absolute Gasteiger partial charge is 0.465 e. The number of rotatable bonds is 6. The number of benzene rings is 1. The SMILES string of the molecule is CCOC(=O)CN(C1CC1)S(=O)(=O)c1cccc(N)c1. The minimum absolute atomic E-state index is 0.105. The molecule has 2 N–H and O–H groups in total. The molecule has 1 aromatic rings. The molecule has 0 aliphatic heterocycles. The van der Waals surface area contributed by atoms with Crippen molar-refractivity contribution in [2.75, 3.05) is 18.9 Å². The molecule has 20 heavy (non-hydrogen) atoms. The summed E-state index contributed by atoms with van der Waals surface area (Å²) < 4.78 is 31.2. The highest BCUT2D eigenvalue weighted by Crippen LogP contribution is 2.32. The van der Waals surface area contributed by atoms with Crippen molar-refractivity contribution in [1.82, 2.24) is 4.31 Å². The Labute approximate surface area is 118 Å². The van der Waals surface area contributed by atoms with E-state index in [1.165, 1.54) is 16.4 Å². The van der Waals surface area contributed by atoms with Crippen molar-refractivity contribution in [2.45, 2.75) is 30.7 Å². The first-order valence-corrected chi connectivity index (χ1v) is 7.92. The molecule has 0 bridgehead atoms. The van der Waals surface area contributed by atoms with Gasteiger partial charge >= 0.3 is 5.97 Å². The van der Waals surface area contributed by atoms with E-state index in [0.717, 1.165) is 12.8 Å². The molecule has 0 amide bonds. The number of sulfonamides is 1. The molecule has 1 aromatic carbocycles. The molecule has 1 aliphatic carbocycles. The van der Waals surface area contributed by atoms with E-state index in [1.807, 2.05) is 0 Å². The molecule has 0 spiro atoms. The minimum atomic E-state index is -3.72. The van der Waals surface area contributed by atoms with Gasteiger partial charge in [-0.15, -0.1) is 0 Å². The molecule has 1 aliphatic rings. The molecule has 0 heterocycles. The number of carbonyl (C=O) groups excluding carboxylic acids is 1. The predicted molar refractivity (Wildman–Crippen MR) is 74.4 cm³/mol. The van der Waals surface area contributed by atoms with Gasteiger partial charge in [-0.25, -0.2) is 8.42 Å². The lowest BCUT2D eigenvalue weighted by molar-refractivity contribution is -0.143. The lowest BCUT2D eigenvalue weighted by Gasteiger charge is -2.21. The van der Waals surface area contributed by atoms with Crippen LogP contribution >= 0.6 is 0 Å². The smallest absolute Gasteiger partial charge is 0.321 e. The van der Waals surface area contributed by atoms with E-state index in [0.29, 0.717) is 5.69 Å². The standard InChI is InChI=1S/C13H18N2O4S/c1-2-19-13(16)9-15(11-6-7-11)20(17,18)12-5-3-4-10(14)8-12/h3-5,8,11H,2,6-7,9,14H2,1H3. The van der Waals surface area contributed by atoms with Crippen LogP contribution < -0.4 is 5.73 Å². The van der Waals surface area contributed by atoms with Crippen molar-refractivity contribution in [3.8, 4) is 0 Å². The summed E-state index contributed by atoms with van der Waals surface area (Å²) in [7, 11) is -3.72. The van der Waals surface area contributed by atoms with E-state index in [2.05, 4.69) is 0 Å². The Morgan fingerprint density at radius 1 is 1.45 bits per heavy atom. The van der Waals surface area contributed by atoms with Gasteiger partial charge in [0.25, 0.3) is 0 Å². The second kappa shape index (κ2) is 5.80. The fraction of sp³-hybridized carbons (Fsp3) is 0.462. The zero-order valence-electron chi connectivity index (χ0n) is 11.3. The van der Waals surface area contributed by atoms with Crippen molar-refractivity contribution in [3.63, 3.8) is 0 Å². The number of nitrogens with two attached hydrogens (primary N) is 1. The van der Waals surface area contributed by atoms with Crippen LogP contribution in [0.5, 0.6) is 0 Å². The molecule has 2 rings (SSSR count). The lowest BCUT2D eigenvalue weighted by Crippen LogP contribution is -2.38. The van der Waals surface area contributed by atoms with Gasteiger partial charge in [-0.05, 0) is 38.0 Å². The van der Waals surface area contributed by atoms with Crippen molar-refractivity contribution < 1.29 is 17.9 Å². The maximum absolute atomic E-state index is 12.6. The molecule has 1 fully saturated rings. The van der Waals surface area contributed by atoms with Crippen molar-refractivity contribution in [1.29, 1.82) is 0 Å². The van der Waals surface area contributed by atoms with Crippen LogP contribution in [-0.4, -0.2) is 37.9 Å². The van der Waals surface area contributed by atoms with Gasteiger partial charge < -0.3 is 10.5 Å². The van der Waals surface area contributed by atoms with E-state index in [1.54, 1.807) is 19.1 Å². The first-order chi connectivity index (χ1) is 9.45. The number of esters is 1. The third-order valence-electron chi connectivity index (χ3n) is 3.01. The molecule has 0 unspecified atom stereocenters. The van der Waals surface area contributed by atoms with Crippen LogP contribution in [-0.2, 0) is 19.6 Å². The summed E-state index contributed by atoms with van der Waals surface area (Å²) in [6.45, 7) is 1.66. The summed E-state index contributed by atoms with van der Waals surface area (Å²) in [6, 6.07) is 5.96. The topological polar surface area (TPSA) is 89.7 Å². The van der Waals surface area contributed by atoms with Gasteiger partial charge in [0.15, 0.2) is 0 Å². The van der Waals surface area contributed by atoms with Gasteiger partial charge in [0.05, 0.1) is 11.5 Å². The Balaban J connectivity index is 2.26. The second-order valence-corrected chi connectivity index (χ2v) is 6.55. The third-order valence-corrected chi connectivity index (χ3v) is 4.90. The van der Waals surface area contributed by atoms with E-state index in [4.69, 9.17) is 10.5 Å². The number of hydrogen-bond donors (Lipinski definition) is 1. The first-order valence-electron chi connectivity index (χ1n) is 6.48. The van der Waals surface area contributed by atoms with Crippen LogP contribution in [0.4, 0.5) is 5.69 Å². The maximum atomic E-state index is 12.6. The molecule has 0 atom stereocenters. The Bertz CT molecular complexity index is 596. The number of carbonyl (C=O) groups is 1. The molecular weight excluding hydrogens is 280 g/mol. The van der Waals surface area contributed by atoms with Crippen LogP contribution in [0.2, 0.25) is 0 Å². The van der Waals surface area contributed by atoms with Gasteiger partial charge in [0, 0.05) is 11.7 Å². The van der Waals surface area contributed by atoms with Crippen molar-refractivity contribution in [2.24, 2.45) is 0 Å². The van der Waals surface area contributed by atoms with Crippen LogP contribution in [0.15, 0.2) is 29.2 Å². The Morgan fingerprint density at radius 2 is 2.15 bits per heavy atom. The number of nitrogens with zero attached hydrogens (tertiary/aromatic N) is 1. The molecule has 0 aromatic heterocycles. The van der Waals surface area contributed by atoms with Gasteiger partial charge in [-0.3, -0.25) is 4.79 Å². The van der Waals surface area contributed by atoms with Crippen molar-refractivity contribution in [3.05, 3.63) is 24.3 Å². The molecule has 7 heteroatoms. The fourth-order valence-corrected chi connectivity index (χ4v) is 3.60. The average molecular weight is 298 g/mol. The quantitative estimate of drug-likeness (QED) is 0.624. The molecule has 6 nitrogen and oxygen atoms in total. The van der Waals surface area contributed by atoms with Gasteiger partial charge in [-0.2, -0.15) is 4.31 Å². The summed E-state index contributed by atoms with van der Waals surface area (Å²) >= 11 is 0. The molecule has 0 radical (unpaired) electrons. The van der Waals surface area contributed by atoms with E-state index < -0.39 is 16.0 Å². The second-order valence-electron chi connectivity index (χ2n) is 4.66. The van der Waals surface area contributed by atoms with E-state index in [9.17, 15) is 13.2 Å². The summed E-state index contributed by atoms with van der Waals surface area (Å²) in [4.78, 5) is 11.7. The van der Waals surface area contributed by atoms with Crippen LogP contribution in [0.25, 0.3) is 0 Å². The predicted octanol–water partition coefficient (Wildman–Crippen LogP) is 0.985. The highest BCUT2D eigenvalue weighted by molar-refractivity contribution is 7.89. The van der Waals surface area contributed by atoms with Gasteiger partial charge in [0.2, 0.25) is 10.0 Å². The molecule has 0 saturated heterocycles. The fourth-order valence-electron chi connectivity index (χ4n) is 1.92. The van der Waals surface area contributed by atoms with E-state index in [-0.39, 0.29) is 24.1 Å². The first kappa shape index (κ1) is 14.8. The zero-order chi connectivity index (χ0) is 14.8. The van der Waals surface area contributed by atoms with E-state index >= 15 is 0 Å². The molecule has 110 valence electrons. The third kappa shape index (κ3) is 3.29. The monoisotopic (exact) mass is 298 g/mol. The maximum Gasteiger partial charge on any atom is 0.321 e. The van der Waals surface area contributed by atoms with Crippen LogP contribution in [0, 0.1) is 0 Å². The summed E-state index contributed by atoms with van der Waals surface area (Å²) in [6.07, 6.45) is 1.53. The highest BCUT2D eigenvalue weighted by atomic mass is 32.2. The molecule has 1 saturated carbocycles. The molecular formula is C13H18N2O4S. The normalized spacial score (nSPS) is 15.3. The van der Waals surface area contributed by atoms with Gasteiger partial charge in [0.1, 0.15) is 6.54 Å². The Kier molecular flexibility index (Phi) is 4.29. The van der Waals surface area contributed by atoms with Crippen molar-refractivity contribution >= 4 is 21.7 Å². The number of hydrogen-bond acceptors (Lipinski definition) is 5. The number of ether oxygens (including phenoxy) is 1. The average Bonchev–Trinajstić information content (AvgIpc) is 3.20. The van der Waals surface area contributed by atoms with Crippen LogP contribution in [0.1, 0.15) is 19.8 Å². The van der Waals surface area contributed by atoms with Gasteiger partial charge in [-0.1, -0.05) is 6.07 Å². The Hall–Kier alpha value is -1.60. The Morgan fingerprint density at radius 3 is 2.70 bits per heavy atom. The highest BCUT2D eigenvalue weighted by Gasteiger charge is 2.39. The van der Waals surface area contributed by atoms with Crippen LogP contribution in [0.3, 0.4) is 0 Å². The number of anilines is 1. The minimum Gasteiger partial charge on any atom is -0.465 e. The number of nitrogen functional groups attached to an aromatic ring is 1. The summed E-state index contributed by atoms with van der Waals surface area (Å²) in [5.41, 5.74) is 5.99. The lowest BCUT2D eigenvalue weighted by atomic mass is 10.3. The summed E-state index contributed by atoms with van der Waals surface area (Å²) in [5.74, 6) is -0.535. The zero-order valence-corrected chi connectivity index (χ0v) is 12.1. The summed E-state index contributed by atoms with van der Waals surface area (Å²) in [5, 5.41) is 0.